The van der Waals surface area contributed by atoms with Crippen LogP contribution in [0.4, 0.5) is 10.1 Å². The fourth-order valence-electron chi connectivity index (χ4n) is 2.07. The van der Waals surface area contributed by atoms with E-state index in [4.69, 9.17) is 4.74 Å². The highest BCUT2D eigenvalue weighted by atomic mass is 19.1. The van der Waals surface area contributed by atoms with Gasteiger partial charge >= 0.3 is 5.97 Å². The first-order valence-corrected chi connectivity index (χ1v) is 6.91. The van der Waals surface area contributed by atoms with Crippen LogP contribution in [0.15, 0.2) is 54.6 Å². The third-order valence-corrected chi connectivity index (χ3v) is 3.06. The molecule has 2 aromatic carbocycles. The van der Waals surface area contributed by atoms with Crippen LogP contribution < -0.4 is 5.32 Å². The minimum absolute atomic E-state index is 0.212. The average molecular weight is 287 g/mol. The Bertz CT molecular complexity index is 569. The van der Waals surface area contributed by atoms with Gasteiger partial charge < -0.3 is 10.1 Å². The first-order chi connectivity index (χ1) is 10.2. The van der Waals surface area contributed by atoms with E-state index in [-0.39, 0.29) is 24.2 Å². The SMILES string of the molecule is CCOC(=O)C[C@H](Nc1ccc(F)cc1)c1ccccc1. The quantitative estimate of drug-likeness (QED) is 0.818. The molecule has 0 fully saturated rings. The second-order valence-corrected chi connectivity index (χ2v) is 4.62. The standard InChI is InChI=1S/C17H18FNO2/c1-2-21-17(20)12-16(13-6-4-3-5-7-13)19-15-10-8-14(18)9-11-15/h3-11,16,19H,2,12H2,1H3/t16-/m0/s1. The lowest BCUT2D eigenvalue weighted by Gasteiger charge is -2.19. The predicted octanol–water partition coefficient (Wildman–Crippen LogP) is 3.93. The molecule has 4 heteroatoms. The summed E-state index contributed by atoms with van der Waals surface area (Å²) in [5.74, 6) is -0.553. The molecular formula is C17H18FNO2. The van der Waals surface area contributed by atoms with E-state index in [1.165, 1.54) is 12.1 Å². The summed E-state index contributed by atoms with van der Waals surface area (Å²) in [5, 5.41) is 3.24. The van der Waals surface area contributed by atoms with Crippen molar-refractivity contribution in [2.24, 2.45) is 0 Å². The van der Waals surface area contributed by atoms with Crippen molar-refractivity contribution in [3.63, 3.8) is 0 Å². The Kier molecular flexibility index (Phi) is 5.32. The molecule has 21 heavy (non-hydrogen) atoms. The summed E-state index contributed by atoms with van der Waals surface area (Å²) in [4.78, 5) is 11.7. The van der Waals surface area contributed by atoms with Gasteiger partial charge in [0.1, 0.15) is 5.82 Å². The van der Waals surface area contributed by atoms with E-state index in [9.17, 15) is 9.18 Å². The van der Waals surface area contributed by atoms with Crippen LogP contribution in [0.3, 0.4) is 0 Å². The summed E-state index contributed by atoms with van der Waals surface area (Å²) in [5.41, 5.74) is 1.74. The molecule has 0 amide bonds. The van der Waals surface area contributed by atoms with Gasteiger partial charge in [-0.1, -0.05) is 30.3 Å². The topological polar surface area (TPSA) is 38.3 Å². The number of hydrogen-bond donors (Lipinski definition) is 1. The van der Waals surface area contributed by atoms with Gasteiger partial charge in [-0.05, 0) is 36.8 Å². The molecule has 0 aromatic heterocycles. The Morgan fingerprint density at radius 3 is 2.43 bits per heavy atom. The van der Waals surface area contributed by atoms with Crippen LogP contribution in [0.25, 0.3) is 0 Å². The van der Waals surface area contributed by atoms with Crippen molar-refractivity contribution in [3.8, 4) is 0 Å². The number of carbonyl (C=O) groups is 1. The molecule has 1 N–H and O–H groups in total. The van der Waals surface area contributed by atoms with Gasteiger partial charge in [0, 0.05) is 5.69 Å². The monoisotopic (exact) mass is 287 g/mol. The third kappa shape index (κ3) is 4.60. The van der Waals surface area contributed by atoms with Gasteiger partial charge in [0.15, 0.2) is 0 Å². The molecule has 3 nitrogen and oxygen atoms in total. The van der Waals surface area contributed by atoms with Gasteiger partial charge in [0.2, 0.25) is 0 Å². The molecule has 0 aliphatic carbocycles. The fraction of sp³-hybridized carbons (Fsp3) is 0.235. The molecule has 0 spiro atoms. The molecule has 0 aliphatic rings. The number of anilines is 1. The van der Waals surface area contributed by atoms with Crippen molar-refractivity contribution in [3.05, 3.63) is 66.0 Å². The summed E-state index contributed by atoms with van der Waals surface area (Å²) in [7, 11) is 0. The lowest BCUT2D eigenvalue weighted by Crippen LogP contribution is -2.17. The van der Waals surface area contributed by atoms with Gasteiger partial charge in [-0.3, -0.25) is 4.79 Å². The maximum atomic E-state index is 13.0. The van der Waals surface area contributed by atoms with Gasteiger partial charge in [0.25, 0.3) is 0 Å². The molecule has 0 saturated heterocycles. The number of carbonyl (C=O) groups excluding carboxylic acids is 1. The van der Waals surface area contributed by atoms with Crippen molar-refractivity contribution in [1.82, 2.24) is 0 Å². The number of rotatable bonds is 6. The average Bonchev–Trinajstić information content (AvgIpc) is 2.50. The maximum Gasteiger partial charge on any atom is 0.308 e. The smallest absolute Gasteiger partial charge is 0.308 e. The molecule has 0 bridgehead atoms. The minimum Gasteiger partial charge on any atom is -0.466 e. The highest BCUT2D eigenvalue weighted by Crippen LogP contribution is 2.23. The van der Waals surface area contributed by atoms with E-state index in [0.717, 1.165) is 11.3 Å². The molecule has 1 atom stereocenters. The van der Waals surface area contributed by atoms with Crippen LogP contribution in [-0.4, -0.2) is 12.6 Å². The number of nitrogens with one attached hydrogen (secondary N) is 1. The molecule has 110 valence electrons. The Labute approximate surface area is 123 Å². The van der Waals surface area contributed by atoms with Crippen LogP contribution in [0.1, 0.15) is 24.9 Å². The Balaban J connectivity index is 2.15. The van der Waals surface area contributed by atoms with Crippen LogP contribution in [0.5, 0.6) is 0 Å². The molecule has 0 heterocycles. The second-order valence-electron chi connectivity index (χ2n) is 4.62. The molecule has 0 aliphatic heterocycles. The molecular weight excluding hydrogens is 269 g/mol. The molecule has 0 saturated carbocycles. The first kappa shape index (κ1) is 15.0. The van der Waals surface area contributed by atoms with Crippen LogP contribution in [-0.2, 0) is 9.53 Å². The Hall–Kier alpha value is -2.36. The number of ether oxygens (including phenoxy) is 1. The lowest BCUT2D eigenvalue weighted by atomic mass is 10.0. The normalized spacial score (nSPS) is 11.7. The minimum atomic E-state index is -0.290. The molecule has 2 rings (SSSR count). The lowest BCUT2D eigenvalue weighted by molar-refractivity contribution is -0.143. The number of benzene rings is 2. The number of esters is 1. The summed E-state index contributed by atoms with van der Waals surface area (Å²) in [6.45, 7) is 2.14. The first-order valence-electron chi connectivity index (χ1n) is 6.91. The Morgan fingerprint density at radius 1 is 1.14 bits per heavy atom. The molecule has 0 radical (unpaired) electrons. The molecule has 2 aromatic rings. The van der Waals surface area contributed by atoms with Crippen molar-refractivity contribution < 1.29 is 13.9 Å². The van der Waals surface area contributed by atoms with Crippen LogP contribution >= 0.6 is 0 Å². The van der Waals surface area contributed by atoms with E-state index < -0.39 is 0 Å². The summed E-state index contributed by atoms with van der Waals surface area (Å²) < 4.78 is 18.0. The largest absolute Gasteiger partial charge is 0.466 e. The summed E-state index contributed by atoms with van der Waals surface area (Å²) in [6, 6.07) is 15.5. The number of hydrogen-bond acceptors (Lipinski definition) is 3. The van der Waals surface area contributed by atoms with E-state index in [2.05, 4.69) is 5.32 Å². The van der Waals surface area contributed by atoms with E-state index in [1.54, 1.807) is 19.1 Å². The maximum absolute atomic E-state index is 13.0. The highest BCUT2D eigenvalue weighted by Gasteiger charge is 2.16. The predicted molar refractivity (Wildman–Crippen MR) is 80.5 cm³/mol. The summed E-state index contributed by atoms with van der Waals surface area (Å²) in [6.07, 6.45) is 0.217. The van der Waals surface area contributed by atoms with Gasteiger partial charge in [-0.2, -0.15) is 0 Å². The highest BCUT2D eigenvalue weighted by molar-refractivity contribution is 5.71. The number of halogens is 1. The van der Waals surface area contributed by atoms with E-state index in [1.807, 2.05) is 30.3 Å². The van der Waals surface area contributed by atoms with E-state index >= 15 is 0 Å². The molecule has 0 unspecified atom stereocenters. The van der Waals surface area contributed by atoms with Gasteiger partial charge in [-0.25, -0.2) is 4.39 Å². The zero-order valence-electron chi connectivity index (χ0n) is 11.9. The van der Waals surface area contributed by atoms with Gasteiger partial charge in [0.05, 0.1) is 19.1 Å². The summed E-state index contributed by atoms with van der Waals surface area (Å²) >= 11 is 0. The van der Waals surface area contributed by atoms with Gasteiger partial charge in [-0.15, -0.1) is 0 Å². The van der Waals surface area contributed by atoms with Crippen molar-refractivity contribution >= 4 is 11.7 Å². The zero-order chi connectivity index (χ0) is 15.1. The van der Waals surface area contributed by atoms with Crippen LogP contribution in [0, 0.1) is 5.82 Å². The van der Waals surface area contributed by atoms with E-state index in [0.29, 0.717) is 6.61 Å². The zero-order valence-corrected chi connectivity index (χ0v) is 11.9. The van der Waals surface area contributed by atoms with Crippen molar-refractivity contribution in [1.29, 1.82) is 0 Å². The third-order valence-electron chi connectivity index (χ3n) is 3.06. The fourth-order valence-corrected chi connectivity index (χ4v) is 2.07. The Morgan fingerprint density at radius 2 is 1.81 bits per heavy atom. The van der Waals surface area contributed by atoms with Crippen molar-refractivity contribution in [2.75, 3.05) is 11.9 Å². The van der Waals surface area contributed by atoms with Crippen molar-refractivity contribution in [2.45, 2.75) is 19.4 Å². The second kappa shape index (κ2) is 7.43. The van der Waals surface area contributed by atoms with Crippen LogP contribution in [0.2, 0.25) is 0 Å².